The summed E-state index contributed by atoms with van der Waals surface area (Å²) in [7, 11) is 0. The molecule has 0 saturated carbocycles. The van der Waals surface area contributed by atoms with E-state index >= 15 is 0 Å². The van der Waals surface area contributed by atoms with Crippen molar-refractivity contribution >= 4 is 28.7 Å². The van der Waals surface area contributed by atoms with E-state index in [0.29, 0.717) is 11.2 Å². The number of ether oxygens (including phenoxy) is 1. The lowest BCUT2D eigenvalue weighted by molar-refractivity contribution is -0.133. The molecule has 1 saturated heterocycles. The monoisotopic (exact) mass is 401 g/mol. The Hall–Kier alpha value is -3.02. The van der Waals surface area contributed by atoms with Crippen molar-refractivity contribution in [1.29, 1.82) is 0 Å². The summed E-state index contributed by atoms with van der Waals surface area (Å²) in [6, 6.07) is 0. The van der Waals surface area contributed by atoms with Gasteiger partial charge in [0.05, 0.1) is 6.33 Å². The van der Waals surface area contributed by atoms with Gasteiger partial charge in [-0.3, -0.25) is 14.8 Å². The molecule has 154 valence electrons. The van der Waals surface area contributed by atoms with Gasteiger partial charge in [0.2, 0.25) is 5.95 Å². The molecule has 2 aromatic heterocycles. The number of carbonyl (C=O) groups excluding carboxylic acids is 1. The number of anilines is 2. The van der Waals surface area contributed by atoms with Crippen LogP contribution in [0.4, 0.5) is 11.8 Å². The fraction of sp³-hybridized carbons (Fsp3) is 0.444. The zero-order chi connectivity index (χ0) is 20.5. The first-order valence-corrected chi connectivity index (χ1v) is 9.32. The number of hydrogen-bond donors (Lipinski definition) is 5. The number of ketones is 1. The Labute approximate surface area is 166 Å². The third kappa shape index (κ3) is 3.67. The summed E-state index contributed by atoms with van der Waals surface area (Å²) in [5.74, 6) is -0.0340. The first-order chi connectivity index (χ1) is 14.0. The normalized spacial score (nSPS) is 28.2. The average Bonchev–Trinajstić information content (AvgIpc) is 3.25. The van der Waals surface area contributed by atoms with Gasteiger partial charge in [0.1, 0.15) is 23.8 Å². The number of allylic oxidation sites excluding steroid dienone is 3. The lowest BCUT2D eigenvalue weighted by Crippen LogP contribution is -2.34. The van der Waals surface area contributed by atoms with Crippen molar-refractivity contribution in [3.05, 3.63) is 30.3 Å². The molecule has 11 heteroatoms. The quantitative estimate of drug-likeness (QED) is 0.345. The highest BCUT2D eigenvalue weighted by atomic mass is 16.6. The van der Waals surface area contributed by atoms with Gasteiger partial charge in [0.15, 0.2) is 23.5 Å². The number of fused-ring (bicyclic) bond motifs is 1. The number of imidazole rings is 1. The maximum atomic E-state index is 11.6. The molecule has 0 bridgehead atoms. The number of aliphatic hydroxyl groups is 2. The minimum Gasteiger partial charge on any atom is -0.387 e. The van der Waals surface area contributed by atoms with Crippen LogP contribution in [-0.2, 0) is 9.53 Å². The van der Waals surface area contributed by atoms with Gasteiger partial charge < -0.3 is 26.1 Å². The second-order valence-corrected chi connectivity index (χ2v) is 7.08. The van der Waals surface area contributed by atoms with E-state index in [1.54, 1.807) is 0 Å². The lowest BCUT2D eigenvalue weighted by atomic mass is 10.0. The Kier molecular flexibility index (Phi) is 5.18. The number of rotatable bonds is 5. The van der Waals surface area contributed by atoms with Crippen LogP contribution in [0.25, 0.3) is 11.2 Å². The number of hydrogen-bond acceptors (Lipinski definition) is 10. The number of nitrogens with zero attached hydrogens (tertiary/aromatic N) is 4. The van der Waals surface area contributed by atoms with E-state index in [1.165, 1.54) is 23.4 Å². The fourth-order valence-corrected chi connectivity index (χ4v) is 3.46. The molecule has 6 N–H and O–H groups in total. The summed E-state index contributed by atoms with van der Waals surface area (Å²) in [5.41, 5.74) is 13.7. The number of nitrogen functional groups attached to an aromatic ring is 1. The van der Waals surface area contributed by atoms with Crippen LogP contribution in [0, 0.1) is 0 Å². The van der Waals surface area contributed by atoms with E-state index in [4.69, 9.17) is 10.5 Å². The van der Waals surface area contributed by atoms with Crippen molar-refractivity contribution in [1.82, 2.24) is 24.9 Å². The van der Waals surface area contributed by atoms with Crippen LogP contribution in [0.2, 0.25) is 0 Å². The number of nitrogens with one attached hydrogen (secondary N) is 2. The Morgan fingerprint density at radius 1 is 1.34 bits per heavy atom. The van der Waals surface area contributed by atoms with Gasteiger partial charge in [-0.1, -0.05) is 12.2 Å². The Morgan fingerprint density at radius 2 is 2.17 bits per heavy atom. The molecule has 0 spiro atoms. The van der Waals surface area contributed by atoms with E-state index in [2.05, 4.69) is 38.0 Å². The zero-order valence-electron chi connectivity index (χ0n) is 15.8. The minimum absolute atomic E-state index is 0.141. The first kappa shape index (κ1) is 19.3. The maximum Gasteiger partial charge on any atom is 0.245 e. The standard InChI is InChI=1S/C18H23N7O4/c1-9(26)14-12(27)13(28)17(29-14)25-8-20-11-15(19)22-18(23-16(11)25)24-21-7-10-5-3-2-4-6-10/h2-3,7-8,12-14,17,21,27-28H,4-6H2,1H3,(H3,19,22,23,24)/t12-,13+,14+,17+/m0/s1. The fourth-order valence-electron chi connectivity index (χ4n) is 3.46. The highest BCUT2D eigenvalue weighted by molar-refractivity contribution is 5.83. The van der Waals surface area contributed by atoms with E-state index in [0.717, 1.165) is 19.3 Å². The van der Waals surface area contributed by atoms with Gasteiger partial charge in [0.25, 0.3) is 0 Å². The van der Waals surface area contributed by atoms with Gasteiger partial charge >= 0.3 is 0 Å². The Bertz CT molecular complexity index is 986. The molecule has 0 amide bonds. The summed E-state index contributed by atoms with van der Waals surface area (Å²) in [4.78, 5) is 24.4. The van der Waals surface area contributed by atoms with Gasteiger partial charge in [0, 0.05) is 6.20 Å². The molecule has 0 radical (unpaired) electrons. The molecular formula is C18H23N7O4. The minimum atomic E-state index is -1.34. The maximum absolute atomic E-state index is 11.6. The van der Waals surface area contributed by atoms with E-state index in [1.807, 2.05) is 6.20 Å². The van der Waals surface area contributed by atoms with Crippen molar-refractivity contribution in [3.8, 4) is 0 Å². The molecule has 4 atom stereocenters. The van der Waals surface area contributed by atoms with Gasteiger partial charge in [-0.05, 0) is 31.8 Å². The van der Waals surface area contributed by atoms with Crippen LogP contribution in [0.5, 0.6) is 0 Å². The van der Waals surface area contributed by atoms with Crippen LogP contribution >= 0.6 is 0 Å². The van der Waals surface area contributed by atoms with E-state index in [9.17, 15) is 15.0 Å². The van der Waals surface area contributed by atoms with Gasteiger partial charge in [-0.25, -0.2) is 4.98 Å². The third-order valence-corrected chi connectivity index (χ3v) is 5.00. The number of aromatic nitrogens is 4. The summed E-state index contributed by atoms with van der Waals surface area (Å²) in [5, 5.41) is 20.4. The second kappa shape index (κ2) is 7.78. The lowest BCUT2D eigenvalue weighted by Gasteiger charge is -2.16. The SMILES string of the molecule is CC(=O)[C@H]1O[C@@H](n2cnc3c(N)nc(NNC=C4CC=CCC4)nc32)[C@H](O)[C@@H]1O. The molecule has 1 aliphatic carbocycles. The number of carbonyl (C=O) groups is 1. The predicted octanol–water partition coefficient (Wildman–Crippen LogP) is 0.157. The third-order valence-electron chi connectivity index (χ3n) is 5.00. The van der Waals surface area contributed by atoms with E-state index < -0.39 is 24.5 Å². The highest BCUT2D eigenvalue weighted by Gasteiger charge is 2.46. The molecule has 2 aromatic rings. The van der Waals surface area contributed by atoms with Crippen molar-refractivity contribution < 1.29 is 19.7 Å². The topological polar surface area (TPSA) is 160 Å². The van der Waals surface area contributed by atoms with E-state index in [-0.39, 0.29) is 17.5 Å². The number of Topliss-reactive ketones (excluding diaryl/α,β-unsaturated/α-hetero) is 1. The summed E-state index contributed by atoms with van der Waals surface area (Å²) in [6.45, 7) is 1.29. The summed E-state index contributed by atoms with van der Waals surface area (Å²) in [6.07, 6.45) is 5.57. The van der Waals surface area contributed by atoms with Gasteiger partial charge in [-0.15, -0.1) is 0 Å². The van der Waals surface area contributed by atoms with Crippen LogP contribution < -0.4 is 16.6 Å². The first-order valence-electron chi connectivity index (χ1n) is 9.32. The molecule has 1 aliphatic heterocycles. The van der Waals surface area contributed by atoms with Crippen LogP contribution in [0.15, 0.2) is 30.3 Å². The van der Waals surface area contributed by atoms with Crippen molar-refractivity contribution in [2.75, 3.05) is 11.2 Å². The van der Waals surface area contributed by atoms with Crippen LogP contribution in [0.1, 0.15) is 32.4 Å². The van der Waals surface area contributed by atoms with Crippen molar-refractivity contribution in [3.63, 3.8) is 0 Å². The molecular weight excluding hydrogens is 378 g/mol. The summed E-state index contributed by atoms with van der Waals surface area (Å²) < 4.78 is 6.99. The zero-order valence-corrected chi connectivity index (χ0v) is 15.8. The van der Waals surface area contributed by atoms with Crippen molar-refractivity contribution in [2.45, 2.75) is 50.7 Å². The molecule has 1 fully saturated rings. The molecule has 4 rings (SSSR count). The van der Waals surface area contributed by atoms with Crippen LogP contribution in [0.3, 0.4) is 0 Å². The highest BCUT2D eigenvalue weighted by Crippen LogP contribution is 2.32. The molecule has 11 nitrogen and oxygen atoms in total. The smallest absolute Gasteiger partial charge is 0.245 e. The number of nitrogens with two attached hydrogens (primary N) is 1. The molecule has 29 heavy (non-hydrogen) atoms. The summed E-state index contributed by atoms with van der Waals surface area (Å²) >= 11 is 0. The molecule has 2 aliphatic rings. The van der Waals surface area contributed by atoms with Gasteiger partial charge in [-0.2, -0.15) is 9.97 Å². The molecule has 3 heterocycles. The Balaban J connectivity index is 1.58. The largest absolute Gasteiger partial charge is 0.387 e. The number of hydrazine groups is 1. The molecule has 0 unspecified atom stereocenters. The average molecular weight is 401 g/mol. The van der Waals surface area contributed by atoms with Crippen LogP contribution in [-0.4, -0.2) is 53.8 Å². The molecule has 0 aromatic carbocycles. The van der Waals surface area contributed by atoms with Crippen molar-refractivity contribution in [2.24, 2.45) is 0 Å². The Morgan fingerprint density at radius 3 is 2.86 bits per heavy atom. The predicted molar refractivity (Wildman–Crippen MR) is 104 cm³/mol. The number of aliphatic hydroxyl groups excluding tert-OH is 2. The second-order valence-electron chi connectivity index (χ2n) is 7.08.